The monoisotopic (exact) mass is 173 g/mol. The minimum Gasteiger partial charge on any atom is -0.225 e. The zero-order valence-electron chi connectivity index (χ0n) is 7.07. The van der Waals surface area contributed by atoms with Gasteiger partial charge in [-0.1, -0.05) is 0 Å². The molecule has 7 heteroatoms. The molecule has 0 aliphatic heterocycles. The van der Waals surface area contributed by atoms with Gasteiger partial charge in [-0.3, -0.25) is 0 Å². The predicted molar refractivity (Wildman–Crippen MR) is 42.8 cm³/mol. The van der Waals surface area contributed by atoms with Crippen LogP contribution in [0.3, 0.4) is 0 Å². The predicted octanol–water partition coefficient (Wildman–Crippen LogP) is -1.65. The molecule has 0 N–H and O–H groups in total. The van der Waals surface area contributed by atoms with E-state index in [9.17, 15) is 0 Å². The van der Waals surface area contributed by atoms with Crippen molar-refractivity contribution >= 4 is 118 Å². The van der Waals surface area contributed by atoms with Crippen molar-refractivity contribution in [3.8, 4) is 0 Å². The number of hydrogen-bond donors (Lipinski definition) is 0. The van der Waals surface area contributed by atoms with Crippen molar-refractivity contribution in [2.24, 2.45) is 0 Å². The average Bonchev–Trinajstić information content (AvgIpc) is 1.72. The SMILES string of the molecule is [Na].[Na].[Na].[Na].c1ncncn1. The minimum atomic E-state index is 0. The van der Waals surface area contributed by atoms with E-state index in [0.29, 0.717) is 0 Å². The van der Waals surface area contributed by atoms with E-state index in [1.165, 1.54) is 19.0 Å². The molecule has 0 atom stereocenters. The van der Waals surface area contributed by atoms with Crippen molar-refractivity contribution in [2.75, 3.05) is 0 Å². The summed E-state index contributed by atoms with van der Waals surface area (Å²) in [5.41, 5.74) is 0. The molecule has 1 rings (SSSR count). The number of rotatable bonds is 0. The molecule has 0 aliphatic carbocycles. The molecule has 3 nitrogen and oxygen atoms in total. The van der Waals surface area contributed by atoms with Crippen LogP contribution in [0.2, 0.25) is 0 Å². The second-order valence-corrected chi connectivity index (χ2v) is 0.794. The smallest absolute Gasteiger partial charge is 0.119 e. The van der Waals surface area contributed by atoms with Crippen LogP contribution in [0, 0.1) is 0 Å². The van der Waals surface area contributed by atoms with Crippen LogP contribution in [-0.2, 0) is 0 Å². The Morgan fingerprint density at radius 2 is 0.700 bits per heavy atom. The standard InChI is InChI=1S/C3H3N3.4Na/c1-4-2-6-3-5-1;;;;/h1-3H;;;;. The molecule has 0 aliphatic rings. The summed E-state index contributed by atoms with van der Waals surface area (Å²) in [5.74, 6) is 0. The van der Waals surface area contributed by atoms with E-state index >= 15 is 0 Å². The third-order valence-corrected chi connectivity index (χ3v) is 0.400. The van der Waals surface area contributed by atoms with Gasteiger partial charge in [-0.25, -0.2) is 15.0 Å². The molecule has 0 aromatic carbocycles. The van der Waals surface area contributed by atoms with Gasteiger partial charge in [-0.05, 0) is 0 Å². The van der Waals surface area contributed by atoms with E-state index in [4.69, 9.17) is 0 Å². The summed E-state index contributed by atoms with van der Waals surface area (Å²) in [4.78, 5) is 10.7. The Labute approximate surface area is 149 Å². The van der Waals surface area contributed by atoms with E-state index in [2.05, 4.69) is 15.0 Å². The molecule has 0 fully saturated rings. The Kier molecular flexibility index (Phi) is 41.5. The number of nitrogens with zero attached hydrogens (tertiary/aromatic N) is 3. The van der Waals surface area contributed by atoms with Crippen molar-refractivity contribution in [3.63, 3.8) is 0 Å². The molecule has 0 bridgehead atoms. The van der Waals surface area contributed by atoms with Gasteiger partial charge in [0.15, 0.2) is 0 Å². The summed E-state index contributed by atoms with van der Waals surface area (Å²) in [7, 11) is 0. The molecule has 1 heterocycles. The molecule has 0 saturated carbocycles. The van der Waals surface area contributed by atoms with Gasteiger partial charge in [0.2, 0.25) is 0 Å². The third-order valence-electron chi connectivity index (χ3n) is 0.400. The minimum absolute atomic E-state index is 0. The van der Waals surface area contributed by atoms with E-state index < -0.39 is 0 Å². The fraction of sp³-hybridized carbons (Fsp3) is 0. The Hall–Kier alpha value is 3.01. The molecular weight excluding hydrogens is 170 g/mol. The summed E-state index contributed by atoms with van der Waals surface area (Å²) < 4.78 is 0. The van der Waals surface area contributed by atoms with Crippen molar-refractivity contribution in [3.05, 3.63) is 19.0 Å². The molecule has 1 aromatic rings. The van der Waals surface area contributed by atoms with Crippen LogP contribution in [0.25, 0.3) is 0 Å². The molecule has 0 amide bonds. The average molecular weight is 173 g/mol. The summed E-state index contributed by atoms with van der Waals surface area (Å²) >= 11 is 0. The van der Waals surface area contributed by atoms with Crippen LogP contribution in [0.15, 0.2) is 19.0 Å². The van der Waals surface area contributed by atoms with Crippen LogP contribution in [0.4, 0.5) is 0 Å². The summed E-state index contributed by atoms with van der Waals surface area (Å²) in [6, 6.07) is 0. The van der Waals surface area contributed by atoms with E-state index in [0.717, 1.165) is 0 Å². The fourth-order valence-corrected chi connectivity index (χ4v) is 0.205. The first-order valence-electron chi connectivity index (χ1n) is 1.55. The molecule has 0 saturated heterocycles. The molecule has 0 unspecified atom stereocenters. The van der Waals surface area contributed by atoms with Gasteiger partial charge in [-0.2, -0.15) is 0 Å². The Morgan fingerprint density at radius 3 is 0.800 bits per heavy atom. The molecule has 1 aromatic heterocycles. The van der Waals surface area contributed by atoms with Gasteiger partial charge in [0.05, 0.1) is 0 Å². The van der Waals surface area contributed by atoms with E-state index in [1.807, 2.05) is 0 Å². The molecular formula is C3H3N3Na4. The van der Waals surface area contributed by atoms with Gasteiger partial charge >= 0.3 is 0 Å². The van der Waals surface area contributed by atoms with Crippen molar-refractivity contribution < 1.29 is 0 Å². The number of hydrogen-bond acceptors (Lipinski definition) is 3. The summed E-state index contributed by atoms with van der Waals surface area (Å²) in [5, 5.41) is 0. The number of aromatic nitrogens is 3. The quantitative estimate of drug-likeness (QED) is 0.441. The van der Waals surface area contributed by atoms with Crippen LogP contribution in [-0.4, -0.2) is 133 Å². The van der Waals surface area contributed by atoms with Gasteiger partial charge in [0.25, 0.3) is 0 Å². The van der Waals surface area contributed by atoms with Crippen LogP contribution >= 0.6 is 0 Å². The summed E-state index contributed by atoms with van der Waals surface area (Å²) in [6.45, 7) is 0. The van der Waals surface area contributed by atoms with E-state index in [-0.39, 0.29) is 118 Å². The fourth-order valence-electron chi connectivity index (χ4n) is 0.205. The molecule has 10 heavy (non-hydrogen) atoms. The molecule has 34 valence electrons. The van der Waals surface area contributed by atoms with Gasteiger partial charge in [-0.15, -0.1) is 0 Å². The first kappa shape index (κ1) is 23.1. The van der Waals surface area contributed by atoms with Crippen LogP contribution < -0.4 is 0 Å². The second kappa shape index (κ2) is 17.9. The van der Waals surface area contributed by atoms with Crippen molar-refractivity contribution in [2.45, 2.75) is 0 Å². The van der Waals surface area contributed by atoms with Gasteiger partial charge in [0.1, 0.15) is 19.0 Å². The van der Waals surface area contributed by atoms with Crippen LogP contribution in [0.1, 0.15) is 0 Å². The first-order chi connectivity index (χ1) is 3.00. The second-order valence-electron chi connectivity index (χ2n) is 0.794. The zero-order chi connectivity index (χ0) is 4.24. The van der Waals surface area contributed by atoms with Crippen molar-refractivity contribution in [1.82, 2.24) is 15.0 Å². The zero-order valence-corrected chi connectivity index (χ0v) is 15.1. The van der Waals surface area contributed by atoms with E-state index in [1.54, 1.807) is 0 Å². The normalized spacial score (nSPS) is 4.80. The van der Waals surface area contributed by atoms with Crippen LogP contribution in [0.5, 0.6) is 0 Å². The Morgan fingerprint density at radius 1 is 0.500 bits per heavy atom. The Bertz CT molecular complexity index is 87.7. The maximum atomic E-state index is 3.56. The topological polar surface area (TPSA) is 38.7 Å². The van der Waals surface area contributed by atoms with Gasteiger partial charge in [0, 0.05) is 118 Å². The third kappa shape index (κ3) is 13.6. The molecule has 4 radical (unpaired) electrons. The Balaban J connectivity index is -0.0000000450. The maximum Gasteiger partial charge on any atom is 0.119 e. The maximum absolute atomic E-state index is 3.56. The summed E-state index contributed by atoms with van der Waals surface area (Å²) in [6.07, 6.45) is 4.31. The van der Waals surface area contributed by atoms with Gasteiger partial charge < -0.3 is 0 Å². The largest absolute Gasteiger partial charge is 0.225 e. The first-order valence-corrected chi connectivity index (χ1v) is 1.55. The van der Waals surface area contributed by atoms with Crippen molar-refractivity contribution in [1.29, 1.82) is 0 Å². The molecule has 0 spiro atoms.